The first kappa shape index (κ1) is 13.0. The Morgan fingerprint density at radius 3 is 2.94 bits per heavy atom. The molecule has 0 unspecified atom stereocenters. The Kier molecular flexibility index (Phi) is 4.66. The van der Waals surface area contributed by atoms with E-state index in [1.54, 1.807) is 6.07 Å². The second-order valence-electron chi connectivity index (χ2n) is 4.45. The highest BCUT2D eigenvalue weighted by Crippen LogP contribution is 2.11. The van der Waals surface area contributed by atoms with E-state index < -0.39 is 11.7 Å². The number of halogens is 1. The van der Waals surface area contributed by atoms with Gasteiger partial charge in [0.15, 0.2) is 0 Å². The van der Waals surface area contributed by atoms with Gasteiger partial charge in [0.1, 0.15) is 5.82 Å². The van der Waals surface area contributed by atoms with Crippen molar-refractivity contribution in [2.24, 2.45) is 5.92 Å². The van der Waals surface area contributed by atoms with E-state index in [-0.39, 0.29) is 5.56 Å². The fourth-order valence-corrected chi connectivity index (χ4v) is 1.96. The van der Waals surface area contributed by atoms with Crippen molar-refractivity contribution in [3.8, 4) is 0 Å². The zero-order chi connectivity index (χ0) is 12.8. The summed E-state index contributed by atoms with van der Waals surface area (Å²) in [5.74, 6) is -0.372. The molecule has 1 aromatic carbocycles. The molecule has 1 fully saturated rings. The van der Waals surface area contributed by atoms with Crippen LogP contribution in [0.1, 0.15) is 23.2 Å². The lowest BCUT2D eigenvalue weighted by Crippen LogP contribution is -2.33. The van der Waals surface area contributed by atoms with Gasteiger partial charge in [-0.2, -0.15) is 0 Å². The number of hydrogen-bond acceptors (Lipinski definition) is 3. The summed E-state index contributed by atoms with van der Waals surface area (Å²) < 4.78 is 12.9. The molecule has 1 aliphatic rings. The van der Waals surface area contributed by atoms with Gasteiger partial charge in [-0.25, -0.2) is 9.87 Å². The summed E-state index contributed by atoms with van der Waals surface area (Å²) in [6, 6.07) is 5.53. The minimum absolute atomic E-state index is 0.264. The monoisotopic (exact) mass is 252 g/mol. The number of nitrogens with one attached hydrogen (secondary N) is 2. The number of hydroxylamine groups is 1. The smallest absolute Gasteiger partial charge is 0.274 e. The highest BCUT2D eigenvalue weighted by molar-refractivity contribution is 5.93. The van der Waals surface area contributed by atoms with Crippen LogP contribution in [0.3, 0.4) is 0 Å². The van der Waals surface area contributed by atoms with Gasteiger partial charge in [0.2, 0.25) is 0 Å². The van der Waals surface area contributed by atoms with E-state index >= 15 is 0 Å². The van der Waals surface area contributed by atoms with Crippen molar-refractivity contribution in [3.63, 3.8) is 0 Å². The molecule has 18 heavy (non-hydrogen) atoms. The number of carbonyl (C=O) groups is 1. The third-order valence-electron chi connectivity index (χ3n) is 3.03. The quantitative estimate of drug-likeness (QED) is 0.798. The van der Waals surface area contributed by atoms with E-state index in [9.17, 15) is 9.18 Å². The maximum Gasteiger partial charge on any atom is 0.274 e. The normalized spacial score (nSPS) is 16.5. The van der Waals surface area contributed by atoms with Gasteiger partial charge in [0.25, 0.3) is 5.91 Å². The zero-order valence-electron chi connectivity index (χ0n) is 10.1. The Morgan fingerprint density at radius 2 is 2.22 bits per heavy atom. The van der Waals surface area contributed by atoms with Crippen molar-refractivity contribution in [1.29, 1.82) is 0 Å². The van der Waals surface area contributed by atoms with Crippen molar-refractivity contribution in [3.05, 3.63) is 35.6 Å². The van der Waals surface area contributed by atoms with Crippen LogP contribution in [0.25, 0.3) is 0 Å². The molecular formula is C13H17FN2O2. The minimum Gasteiger partial charge on any atom is -0.317 e. The predicted molar refractivity (Wildman–Crippen MR) is 65.4 cm³/mol. The molecule has 0 radical (unpaired) electrons. The molecule has 0 aliphatic carbocycles. The fourth-order valence-electron chi connectivity index (χ4n) is 1.96. The van der Waals surface area contributed by atoms with Gasteiger partial charge < -0.3 is 5.32 Å². The average molecular weight is 252 g/mol. The Bertz CT molecular complexity index is 406. The van der Waals surface area contributed by atoms with Crippen LogP contribution >= 0.6 is 0 Å². The van der Waals surface area contributed by atoms with E-state index in [4.69, 9.17) is 4.84 Å². The van der Waals surface area contributed by atoms with Gasteiger partial charge >= 0.3 is 0 Å². The zero-order valence-corrected chi connectivity index (χ0v) is 10.1. The predicted octanol–water partition coefficient (Wildman–Crippen LogP) is 1.49. The lowest BCUT2D eigenvalue weighted by molar-refractivity contribution is 0.0117. The number of rotatable bonds is 4. The van der Waals surface area contributed by atoms with Gasteiger partial charge in [-0.05, 0) is 50.0 Å². The first-order valence-corrected chi connectivity index (χ1v) is 6.14. The molecule has 0 spiro atoms. The molecule has 0 saturated carbocycles. The highest BCUT2D eigenvalue weighted by Gasteiger charge is 2.14. The van der Waals surface area contributed by atoms with Gasteiger partial charge in [0.05, 0.1) is 6.61 Å². The van der Waals surface area contributed by atoms with Crippen LogP contribution in [0.2, 0.25) is 0 Å². The molecular weight excluding hydrogens is 235 g/mol. The summed E-state index contributed by atoms with van der Waals surface area (Å²) in [6.07, 6.45) is 2.10. The van der Waals surface area contributed by atoms with Crippen LogP contribution < -0.4 is 10.8 Å². The van der Waals surface area contributed by atoms with Crippen molar-refractivity contribution >= 4 is 5.91 Å². The summed E-state index contributed by atoms with van der Waals surface area (Å²) in [4.78, 5) is 16.8. The van der Waals surface area contributed by atoms with Gasteiger partial charge in [-0.1, -0.05) is 6.07 Å². The summed E-state index contributed by atoms with van der Waals surface area (Å²) >= 11 is 0. The molecule has 1 heterocycles. The maximum absolute atomic E-state index is 12.9. The average Bonchev–Trinajstić information content (AvgIpc) is 2.40. The molecule has 1 saturated heterocycles. The van der Waals surface area contributed by atoms with E-state index in [1.165, 1.54) is 18.2 Å². The largest absolute Gasteiger partial charge is 0.317 e. The van der Waals surface area contributed by atoms with E-state index in [0.717, 1.165) is 25.9 Å². The summed E-state index contributed by atoms with van der Waals surface area (Å²) in [5.41, 5.74) is 2.61. The number of amides is 1. The number of hydrogen-bond donors (Lipinski definition) is 2. The second-order valence-corrected chi connectivity index (χ2v) is 4.45. The minimum atomic E-state index is -0.430. The van der Waals surface area contributed by atoms with Crippen LogP contribution in [0, 0.1) is 11.7 Å². The van der Waals surface area contributed by atoms with E-state index in [2.05, 4.69) is 10.8 Å². The van der Waals surface area contributed by atoms with Crippen molar-refractivity contribution in [1.82, 2.24) is 10.8 Å². The Hall–Kier alpha value is -1.46. The topological polar surface area (TPSA) is 50.4 Å². The van der Waals surface area contributed by atoms with Gasteiger partial charge in [0, 0.05) is 5.56 Å². The SMILES string of the molecule is O=C(NOCC1CCNCC1)c1cccc(F)c1. The van der Waals surface area contributed by atoms with Gasteiger partial charge in [-0.3, -0.25) is 9.63 Å². The van der Waals surface area contributed by atoms with Crippen LogP contribution in [0.4, 0.5) is 4.39 Å². The first-order valence-electron chi connectivity index (χ1n) is 6.14. The van der Waals surface area contributed by atoms with Gasteiger partial charge in [-0.15, -0.1) is 0 Å². The molecule has 2 N–H and O–H groups in total. The third kappa shape index (κ3) is 3.78. The molecule has 5 heteroatoms. The molecule has 1 amide bonds. The molecule has 1 aliphatic heterocycles. The fraction of sp³-hybridized carbons (Fsp3) is 0.462. The second kappa shape index (κ2) is 6.47. The first-order chi connectivity index (χ1) is 8.75. The summed E-state index contributed by atoms with van der Waals surface area (Å²) in [6.45, 7) is 2.49. The molecule has 0 atom stereocenters. The third-order valence-corrected chi connectivity index (χ3v) is 3.03. The van der Waals surface area contributed by atoms with Crippen molar-refractivity contribution < 1.29 is 14.0 Å². The standard InChI is InChI=1S/C13H17FN2O2/c14-12-3-1-2-11(8-12)13(17)16-18-9-10-4-6-15-7-5-10/h1-3,8,10,15H,4-7,9H2,(H,16,17). The maximum atomic E-state index is 12.9. The Labute approximate surface area is 105 Å². The highest BCUT2D eigenvalue weighted by atomic mass is 19.1. The molecule has 4 nitrogen and oxygen atoms in total. The van der Waals surface area contributed by atoms with E-state index in [0.29, 0.717) is 12.5 Å². The molecule has 0 bridgehead atoms. The summed E-state index contributed by atoms with van der Waals surface area (Å²) in [7, 11) is 0. The number of carbonyl (C=O) groups excluding carboxylic acids is 1. The molecule has 98 valence electrons. The number of benzene rings is 1. The summed E-state index contributed by atoms with van der Waals surface area (Å²) in [5, 5.41) is 3.26. The Morgan fingerprint density at radius 1 is 1.44 bits per heavy atom. The Balaban J connectivity index is 1.74. The van der Waals surface area contributed by atoms with Crippen LogP contribution in [-0.2, 0) is 4.84 Å². The molecule has 1 aromatic rings. The lowest BCUT2D eigenvalue weighted by atomic mass is 10.00. The number of piperidine rings is 1. The van der Waals surface area contributed by atoms with Crippen molar-refractivity contribution in [2.45, 2.75) is 12.8 Å². The van der Waals surface area contributed by atoms with Crippen LogP contribution in [0.5, 0.6) is 0 Å². The van der Waals surface area contributed by atoms with E-state index in [1.807, 2.05) is 0 Å². The van der Waals surface area contributed by atoms with Crippen molar-refractivity contribution in [2.75, 3.05) is 19.7 Å². The lowest BCUT2D eigenvalue weighted by Gasteiger charge is -2.21. The molecule has 0 aromatic heterocycles. The molecule has 2 rings (SSSR count). The van der Waals surface area contributed by atoms with Crippen LogP contribution in [-0.4, -0.2) is 25.6 Å². The van der Waals surface area contributed by atoms with Crippen LogP contribution in [0.15, 0.2) is 24.3 Å².